The first-order chi connectivity index (χ1) is 16.3. The Morgan fingerprint density at radius 1 is 1.00 bits per heavy atom. The number of hydrogen-bond donors (Lipinski definition) is 2. The second-order valence-electron chi connectivity index (χ2n) is 9.60. The number of anilines is 1. The lowest BCUT2D eigenvalue weighted by molar-refractivity contribution is -0.0742. The van der Waals surface area contributed by atoms with Crippen molar-refractivity contribution >= 4 is 5.69 Å². The van der Waals surface area contributed by atoms with Crippen molar-refractivity contribution in [2.75, 3.05) is 64.6 Å². The van der Waals surface area contributed by atoms with E-state index in [1.807, 2.05) is 24.3 Å². The molecule has 1 atom stereocenters. The molecule has 186 valence electrons. The molecule has 2 aromatic carbocycles. The average molecular weight is 475 g/mol. The third-order valence-electron chi connectivity index (χ3n) is 6.73. The van der Waals surface area contributed by atoms with E-state index in [1.165, 1.54) is 6.07 Å². The van der Waals surface area contributed by atoms with E-state index >= 15 is 0 Å². The molecule has 2 aromatic rings. The second kappa shape index (κ2) is 10.5. The van der Waals surface area contributed by atoms with Gasteiger partial charge in [-0.2, -0.15) is 0 Å². The summed E-state index contributed by atoms with van der Waals surface area (Å²) in [7, 11) is 1.65. The Morgan fingerprint density at radius 3 is 2.38 bits per heavy atom. The maximum Gasteiger partial charge on any atom is 0.134 e. The molecular formula is C26H35FN2O5. The molecule has 0 aromatic heterocycles. The van der Waals surface area contributed by atoms with Crippen LogP contribution in [0.4, 0.5) is 10.1 Å². The van der Waals surface area contributed by atoms with Gasteiger partial charge >= 0.3 is 0 Å². The van der Waals surface area contributed by atoms with Gasteiger partial charge in [-0.05, 0) is 67.8 Å². The topological polar surface area (TPSA) is 74.6 Å². The predicted octanol–water partition coefficient (Wildman–Crippen LogP) is 2.62. The summed E-state index contributed by atoms with van der Waals surface area (Å²) in [6.45, 7) is 5.26. The van der Waals surface area contributed by atoms with E-state index in [4.69, 9.17) is 14.2 Å². The van der Waals surface area contributed by atoms with E-state index in [9.17, 15) is 14.6 Å². The van der Waals surface area contributed by atoms with Crippen LogP contribution in [-0.4, -0.2) is 86.0 Å². The summed E-state index contributed by atoms with van der Waals surface area (Å²) in [4.78, 5) is 4.34. The molecule has 2 saturated heterocycles. The number of benzene rings is 2. The number of hydrogen-bond acceptors (Lipinski definition) is 7. The van der Waals surface area contributed by atoms with Crippen LogP contribution in [0.15, 0.2) is 42.5 Å². The number of aliphatic hydroxyl groups is 2. The first-order valence-corrected chi connectivity index (χ1v) is 11.8. The molecule has 0 spiro atoms. The Bertz CT molecular complexity index is 949. The quantitative estimate of drug-likeness (QED) is 0.639. The molecule has 0 amide bonds. The highest BCUT2D eigenvalue weighted by atomic mass is 19.1. The highest BCUT2D eigenvalue weighted by Gasteiger charge is 2.39. The minimum atomic E-state index is -1.22. The molecule has 4 rings (SSSR count). The fourth-order valence-electron chi connectivity index (χ4n) is 4.69. The molecule has 8 heteroatoms. The second-order valence-corrected chi connectivity index (χ2v) is 9.60. The first-order valence-electron chi connectivity index (χ1n) is 11.8. The molecule has 0 unspecified atom stereocenters. The zero-order valence-electron chi connectivity index (χ0n) is 20.0. The molecule has 34 heavy (non-hydrogen) atoms. The number of β-amino-alcohol motifs (C(OH)–C–C–N with tert-alkyl or cyclic N) is 2. The van der Waals surface area contributed by atoms with Crippen LogP contribution in [0.5, 0.6) is 11.5 Å². The van der Waals surface area contributed by atoms with Crippen LogP contribution >= 0.6 is 0 Å². The van der Waals surface area contributed by atoms with Gasteiger partial charge in [0.05, 0.1) is 25.9 Å². The largest absolute Gasteiger partial charge is 0.497 e. The zero-order chi connectivity index (χ0) is 24.2. The van der Waals surface area contributed by atoms with Gasteiger partial charge in [0.1, 0.15) is 29.5 Å². The lowest BCUT2D eigenvalue weighted by atomic mass is 9.90. The number of aryl methyl sites for hydroxylation is 1. The van der Waals surface area contributed by atoms with Gasteiger partial charge in [0, 0.05) is 38.4 Å². The SMILES string of the molecule is COc1ccc(N2CCC(O)(CN3CCOC[C@@](O)(COc4ccc(F)c(C)c4)C3)CC2)cc1. The standard InChI is InChI=1S/C26H35FN2O5/c1-20-15-23(7-8-24(20)27)34-19-26(31)17-28(13-14-33-18-26)16-25(30)9-11-29(12-10-25)21-3-5-22(32-2)6-4-21/h3-8,15,30-31H,9-14,16-19H2,1-2H3/t26-/m1/s1. The van der Waals surface area contributed by atoms with Crippen molar-refractivity contribution in [1.29, 1.82) is 0 Å². The normalized spacial score (nSPS) is 23.4. The molecule has 0 bridgehead atoms. The summed E-state index contributed by atoms with van der Waals surface area (Å²) in [6.07, 6.45) is 1.28. The third kappa shape index (κ3) is 6.18. The highest BCUT2D eigenvalue weighted by molar-refractivity contribution is 5.49. The molecule has 2 aliphatic heterocycles. The van der Waals surface area contributed by atoms with E-state index in [0.29, 0.717) is 50.4 Å². The highest BCUT2D eigenvalue weighted by Crippen LogP contribution is 2.29. The smallest absolute Gasteiger partial charge is 0.134 e. The van der Waals surface area contributed by atoms with Gasteiger partial charge in [-0.15, -0.1) is 0 Å². The van der Waals surface area contributed by atoms with Gasteiger partial charge in [0.2, 0.25) is 0 Å². The zero-order valence-corrected chi connectivity index (χ0v) is 20.0. The van der Waals surface area contributed by atoms with Crippen LogP contribution < -0.4 is 14.4 Å². The summed E-state index contributed by atoms with van der Waals surface area (Å²) < 4.78 is 30.2. The number of methoxy groups -OCH3 is 1. The molecule has 0 radical (unpaired) electrons. The van der Waals surface area contributed by atoms with Crippen LogP contribution in [-0.2, 0) is 4.74 Å². The van der Waals surface area contributed by atoms with Gasteiger partial charge < -0.3 is 29.3 Å². The molecule has 2 heterocycles. The number of halogens is 1. The minimum absolute atomic E-state index is 0.0260. The molecule has 2 aliphatic rings. The average Bonchev–Trinajstić information content (AvgIpc) is 3.01. The van der Waals surface area contributed by atoms with Crippen molar-refractivity contribution in [2.24, 2.45) is 0 Å². The van der Waals surface area contributed by atoms with Gasteiger partial charge in [0.25, 0.3) is 0 Å². The Balaban J connectivity index is 1.32. The lowest BCUT2D eigenvalue weighted by Gasteiger charge is -2.42. The maximum absolute atomic E-state index is 13.5. The molecule has 0 aliphatic carbocycles. The number of piperidine rings is 1. The Kier molecular flexibility index (Phi) is 7.62. The fourth-order valence-corrected chi connectivity index (χ4v) is 4.69. The number of nitrogens with zero attached hydrogens (tertiary/aromatic N) is 2. The van der Waals surface area contributed by atoms with Crippen LogP contribution in [0.1, 0.15) is 18.4 Å². The monoisotopic (exact) mass is 474 g/mol. The van der Waals surface area contributed by atoms with E-state index in [0.717, 1.165) is 24.5 Å². The minimum Gasteiger partial charge on any atom is -0.497 e. The van der Waals surface area contributed by atoms with E-state index in [-0.39, 0.29) is 19.0 Å². The molecule has 7 nitrogen and oxygen atoms in total. The van der Waals surface area contributed by atoms with Crippen molar-refractivity contribution in [3.8, 4) is 11.5 Å². The summed E-state index contributed by atoms with van der Waals surface area (Å²) in [5.41, 5.74) is -0.442. The Morgan fingerprint density at radius 2 is 1.71 bits per heavy atom. The fraction of sp³-hybridized carbons (Fsp3) is 0.538. The van der Waals surface area contributed by atoms with Gasteiger partial charge in [-0.3, -0.25) is 4.90 Å². The summed E-state index contributed by atoms with van der Waals surface area (Å²) >= 11 is 0. The van der Waals surface area contributed by atoms with E-state index in [1.54, 1.807) is 26.2 Å². The predicted molar refractivity (Wildman–Crippen MR) is 128 cm³/mol. The Labute approximate surface area is 200 Å². The van der Waals surface area contributed by atoms with Crippen molar-refractivity contribution in [1.82, 2.24) is 4.90 Å². The molecular weight excluding hydrogens is 439 g/mol. The van der Waals surface area contributed by atoms with Crippen molar-refractivity contribution in [2.45, 2.75) is 31.0 Å². The van der Waals surface area contributed by atoms with Crippen LogP contribution in [0.3, 0.4) is 0 Å². The Hall–Kier alpha value is -2.39. The summed E-state index contributed by atoms with van der Waals surface area (Å²) in [5.74, 6) is 1.04. The molecule has 0 saturated carbocycles. The van der Waals surface area contributed by atoms with Crippen LogP contribution in [0, 0.1) is 12.7 Å². The van der Waals surface area contributed by atoms with Gasteiger partial charge in [-0.25, -0.2) is 4.39 Å². The van der Waals surface area contributed by atoms with Crippen molar-refractivity contribution in [3.05, 3.63) is 53.8 Å². The maximum atomic E-state index is 13.5. The van der Waals surface area contributed by atoms with E-state index < -0.39 is 11.2 Å². The number of rotatable bonds is 7. The van der Waals surface area contributed by atoms with Crippen molar-refractivity contribution in [3.63, 3.8) is 0 Å². The van der Waals surface area contributed by atoms with E-state index in [2.05, 4.69) is 9.80 Å². The number of ether oxygens (including phenoxy) is 3. The molecule has 2 N–H and O–H groups in total. The van der Waals surface area contributed by atoms with Crippen molar-refractivity contribution < 1.29 is 28.8 Å². The summed E-state index contributed by atoms with van der Waals surface area (Å²) in [5, 5.41) is 22.5. The third-order valence-corrected chi connectivity index (χ3v) is 6.73. The molecule has 2 fully saturated rings. The van der Waals surface area contributed by atoms with Gasteiger partial charge in [0.15, 0.2) is 0 Å². The van der Waals surface area contributed by atoms with Crippen LogP contribution in [0.25, 0.3) is 0 Å². The lowest BCUT2D eigenvalue weighted by Crippen LogP contribution is -2.55. The van der Waals surface area contributed by atoms with Gasteiger partial charge in [-0.1, -0.05) is 0 Å². The van der Waals surface area contributed by atoms with Crippen LogP contribution in [0.2, 0.25) is 0 Å². The summed E-state index contributed by atoms with van der Waals surface area (Å²) in [6, 6.07) is 12.5. The first kappa shape index (κ1) is 24.7.